The number of anilines is 2. The summed E-state index contributed by atoms with van der Waals surface area (Å²) < 4.78 is 13.0. The van der Waals surface area contributed by atoms with Gasteiger partial charge in [0.15, 0.2) is 5.65 Å². The van der Waals surface area contributed by atoms with Crippen molar-refractivity contribution in [2.75, 3.05) is 36.5 Å². The molecule has 0 saturated carbocycles. The monoisotopic (exact) mass is 505 g/mol. The van der Waals surface area contributed by atoms with E-state index in [4.69, 9.17) is 9.47 Å². The zero-order valence-electron chi connectivity index (χ0n) is 20.8. The normalized spacial score (nSPS) is 13.4. The van der Waals surface area contributed by atoms with Crippen LogP contribution in [0.25, 0.3) is 16.8 Å². The van der Waals surface area contributed by atoms with Gasteiger partial charge in [-0.3, -0.25) is 4.79 Å². The number of rotatable bonds is 7. The highest BCUT2D eigenvalue weighted by molar-refractivity contribution is 6.03. The lowest BCUT2D eigenvalue weighted by Crippen LogP contribution is -2.36. The van der Waals surface area contributed by atoms with Gasteiger partial charge in [-0.1, -0.05) is 48.5 Å². The Balaban J connectivity index is 1.18. The summed E-state index contributed by atoms with van der Waals surface area (Å²) >= 11 is 0. The van der Waals surface area contributed by atoms with E-state index in [1.807, 2.05) is 78.9 Å². The smallest absolute Gasteiger partial charge is 0.274 e. The van der Waals surface area contributed by atoms with E-state index in [-0.39, 0.29) is 5.91 Å². The van der Waals surface area contributed by atoms with Crippen LogP contribution in [0, 0.1) is 0 Å². The Morgan fingerprint density at radius 3 is 2.58 bits per heavy atom. The Hall–Kier alpha value is -4.69. The number of nitrogens with one attached hydrogen (secondary N) is 1. The summed E-state index contributed by atoms with van der Waals surface area (Å²) in [7, 11) is 0. The molecule has 8 nitrogen and oxygen atoms in total. The Morgan fingerprint density at radius 1 is 0.947 bits per heavy atom. The van der Waals surface area contributed by atoms with E-state index in [1.165, 1.54) is 0 Å². The molecule has 1 N–H and O–H groups in total. The van der Waals surface area contributed by atoms with Gasteiger partial charge in [0.2, 0.25) is 0 Å². The molecule has 2 aromatic heterocycles. The molecule has 0 unspecified atom stereocenters. The molecule has 0 atom stereocenters. The molecule has 0 radical (unpaired) electrons. The molecule has 0 spiro atoms. The van der Waals surface area contributed by atoms with Crippen molar-refractivity contribution < 1.29 is 14.3 Å². The maximum atomic E-state index is 13.1. The predicted octanol–water partition coefficient (Wildman–Crippen LogP) is 5.06. The third-order valence-corrected chi connectivity index (χ3v) is 6.50. The van der Waals surface area contributed by atoms with Crippen LogP contribution < -0.4 is 15.0 Å². The number of nitrogens with zero attached hydrogens (tertiary/aromatic N) is 4. The number of fused-ring (bicyclic) bond motifs is 1. The summed E-state index contributed by atoms with van der Waals surface area (Å²) in [4.78, 5) is 20.0. The van der Waals surface area contributed by atoms with Gasteiger partial charge in [-0.25, -0.2) is 9.50 Å². The van der Waals surface area contributed by atoms with E-state index in [0.717, 1.165) is 46.9 Å². The lowest BCUT2D eigenvalue weighted by molar-refractivity contribution is 0.102. The Bertz CT molecular complexity index is 1540. The highest BCUT2D eigenvalue weighted by Gasteiger charge is 2.15. The van der Waals surface area contributed by atoms with E-state index in [0.29, 0.717) is 31.2 Å². The molecule has 1 aliphatic heterocycles. The third-order valence-electron chi connectivity index (χ3n) is 6.50. The summed E-state index contributed by atoms with van der Waals surface area (Å²) in [6, 6.07) is 27.4. The van der Waals surface area contributed by atoms with Gasteiger partial charge < -0.3 is 19.7 Å². The van der Waals surface area contributed by atoms with Gasteiger partial charge in [0.25, 0.3) is 5.91 Å². The van der Waals surface area contributed by atoms with Crippen LogP contribution in [0.2, 0.25) is 0 Å². The van der Waals surface area contributed by atoms with Gasteiger partial charge in [-0.15, -0.1) is 0 Å². The van der Waals surface area contributed by atoms with Crippen molar-refractivity contribution in [1.82, 2.24) is 14.6 Å². The lowest BCUT2D eigenvalue weighted by atomic mass is 10.1. The van der Waals surface area contributed by atoms with Gasteiger partial charge >= 0.3 is 0 Å². The number of amides is 1. The van der Waals surface area contributed by atoms with Crippen molar-refractivity contribution in [2.45, 2.75) is 6.61 Å². The molecular formula is C30H27N5O3. The van der Waals surface area contributed by atoms with E-state index >= 15 is 0 Å². The first kappa shape index (κ1) is 23.7. The van der Waals surface area contributed by atoms with E-state index in [1.54, 1.807) is 23.0 Å². The molecule has 3 heterocycles. The third kappa shape index (κ3) is 5.21. The lowest BCUT2D eigenvalue weighted by Gasteiger charge is -2.29. The van der Waals surface area contributed by atoms with E-state index in [9.17, 15) is 4.79 Å². The van der Waals surface area contributed by atoms with Crippen LogP contribution >= 0.6 is 0 Å². The molecule has 5 aromatic rings. The minimum atomic E-state index is -0.275. The number of ether oxygens (including phenoxy) is 2. The molecule has 38 heavy (non-hydrogen) atoms. The Morgan fingerprint density at radius 2 is 1.76 bits per heavy atom. The summed E-state index contributed by atoms with van der Waals surface area (Å²) in [6.07, 6.45) is 3.51. The van der Waals surface area contributed by atoms with Crippen LogP contribution in [0.1, 0.15) is 16.1 Å². The van der Waals surface area contributed by atoms with E-state index in [2.05, 4.69) is 20.3 Å². The first-order valence-electron chi connectivity index (χ1n) is 12.6. The maximum Gasteiger partial charge on any atom is 0.274 e. The quantitative estimate of drug-likeness (QED) is 0.333. The maximum absolute atomic E-state index is 13.1. The molecule has 6 rings (SSSR count). The van der Waals surface area contributed by atoms with Crippen molar-refractivity contribution in [1.29, 1.82) is 0 Å². The first-order valence-corrected chi connectivity index (χ1v) is 12.6. The standard InChI is InChI=1S/C30H27N5O3/c36-30(32-24-7-4-8-25(19-24)34-15-17-37-18-16-34)28-13-14-35-29(33-28)27(20-31-35)23-9-11-26(12-10-23)38-21-22-5-2-1-3-6-22/h1-14,19-20H,15-18,21H2,(H,32,36). The van der Waals surface area contributed by atoms with Crippen LogP contribution in [0.15, 0.2) is 97.3 Å². The SMILES string of the molecule is O=C(Nc1cccc(N2CCOCC2)c1)c1ccn2ncc(-c3ccc(OCc4ccccc4)cc3)c2n1. The molecule has 8 heteroatoms. The zero-order chi connectivity index (χ0) is 25.7. The fourth-order valence-electron chi connectivity index (χ4n) is 4.47. The van der Waals surface area contributed by atoms with Gasteiger partial charge in [-0.05, 0) is 47.5 Å². The molecular weight excluding hydrogens is 478 g/mol. The largest absolute Gasteiger partial charge is 0.489 e. The molecule has 0 aliphatic carbocycles. The van der Waals surface area contributed by atoms with Gasteiger partial charge in [-0.2, -0.15) is 5.10 Å². The summed E-state index contributed by atoms with van der Waals surface area (Å²) in [5.41, 5.74) is 5.60. The fraction of sp³-hybridized carbons (Fsp3) is 0.167. The molecule has 1 amide bonds. The molecule has 1 fully saturated rings. The summed E-state index contributed by atoms with van der Waals surface area (Å²) in [5.74, 6) is 0.504. The Kier molecular flexibility index (Phi) is 6.70. The molecule has 0 bridgehead atoms. The number of benzene rings is 3. The van der Waals surface area contributed by atoms with Crippen molar-refractivity contribution in [2.24, 2.45) is 0 Å². The van der Waals surface area contributed by atoms with Crippen LogP contribution in [-0.2, 0) is 11.3 Å². The van der Waals surface area contributed by atoms with Crippen LogP contribution in [0.5, 0.6) is 5.75 Å². The summed E-state index contributed by atoms with van der Waals surface area (Å²) in [6.45, 7) is 3.58. The van der Waals surface area contributed by atoms with Gasteiger partial charge in [0, 0.05) is 36.2 Å². The van der Waals surface area contributed by atoms with Crippen molar-refractivity contribution >= 4 is 22.9 Å². The van der Waals surface area contributed by atoms with Gasteiger partial charge in [0.1, 0.15) is 18.1 Å². The predicted molar refractivity (Wildman–Crippen MR) is 147 cm³/mol. The van der Waals surface area contributed by atoms with Crippen LogP contribution in [0.4, 0.5) is 11.4 Å². The average molecular weight is 506 g/mol. The van der Waals surface area contributed by atoms with Gasteiger partial charge in [0.05, 0.1) is 19.4 Å². The minimum absolute atomic E-state index is 0.275. The van der Waals surface area contributed by atoms with Crippen LogP contribution in [-0.4, -0.2) is 46.8 Å². The average Bonchev–Trinajstić information content (AvgIpc) is 3.41. The summed E-state index contributed by atoms with van der Waals surface area (Å²) in [5, 5.41) is 7.40. The van der Waals surface area contributed by atoms with Crippen molar-refractivity contribution in [3.05, 3.63) is 109 Å². The van der Waals surface area contributed by atoms with E-state index < -0.39 is 0 Å². The topological polar surface area (TPSA) is 81.0 Å². The number of aromatic nitrogens is 3. The number of carbonyl (C=O) groups excluding carboxylic acids is 1. The second kappa shape index (κ2) is 10.7. The molecule has 190 valence electrons. The molecule has 1 saturated heterocycles. The number of morpholine rings is 1. The highest BCUT2D eigenvalue weighted by atomic mass is 16.5. The minimum Gasteiger partial charge on any atom is -0.489 e. The van der Waals surface area contributed by atoms with Crippen molar-refractivity contribution in [3.63, 3.8) is 0 Å². The first-order chi connectivity index (χ1) is 18.7. The number of hydrogen-bond acceptors (Lipinski definition) is 6. The fourth-order valence-corrected chi connectivity index (χ4v) is 4.47. The van der Waals surface area contributed by atoms with Crippen LogP contribution in [0.3, 0.4) is 0 Å². The van der Waals surface area contributed by atoms with Crippen molar-refractivity contribution in [3.8, 4) is 16.9 Å². The highest BCUT2D eigenvalue weighted by Crippen LogP contribution is 2.26. The Labute approximate surface area is 220 Å². The molecule has 3 aromatic carbocycles. The zero-order valence-corrected chi connectivity index (χ0v) is 20.8. The second-order valence-electron chi connectivity index (χ2n) is 9.04. The molecule has 1 aliphatic rings. The number of carbonyl (C=O) groups is 1. The number of hydrogen-bond donors (Lipinski definition) is 1. The second-order valence-corrected chi connectivity index (χ2v) is 9.04.